The van der Waals surface area contributed by atoms with Crippen molar-refractivity contribution in [2.45, 2.75) is 12.1 Å². The van der Waals surface area contributed by atoms with Gasteiger partial charge in [-0.2, -0.15) is 0 Å². The van der Waals surface area contributed by atoms with Crippen molar-refractivity contribution in [3.05, 3.63) is 136 Å². The van der Waals surface area contributed by atoms with Gasteiger partial charge in [-0.05, 0) is 47.5 Å². The zero-order chi connectivity index (χ0) is 26.7. The summed E-state index contributed by atoms with van der Waals surface area (Å²) in [6, 6.07) is 27.1. The van der Waals surface area contributed by atoms with Crippen molar-refractivity contribution in [2.75, 3.05) is 11.9 Å². The summed E-state index contributed by atoms with van der Waals surface area (Å²) in [5.74, 6) is -1.96. The maximum Gasteiger partial charge on any atom is 0.160 e. The SMILES string of the molecule is OC(CNc1ccc(F)c(F)c1)(c1ccc(Cl)cc1)c1nnn(Cc2ccccc2)c1-c1ccc(Cl)cc1. The number of rotatable bonds is 8. The minimum Gasteiger partial charge on any atom is -0.381 e. The largest absolute Gasteiger partial charge is 0.381 e. The first-order valence-corrected chi connectivity index (χ1v) is 12.5. The van der Waals surface area contributed by atoms with Gasteiger partial charge >= 0.3 is 0 Å². The molecule has 4 aromatic carbocycles. The third-order valence-electron chi connectivity index (χ3n) is 6.21. The first-order chi connectivity index (χ1) is 18.3. The predicted octanol–water partition coefficient (Wildman–Crippen LogP) is 6.93. The molecule has 5 aromatic rings. The molecule has 1 aromatic heterocycles. The lowest BCUT2D eigenvalue weighted by Crippen LogP contribution is -2.36. The van der Waals surface area contributed by atoms with Crippen LogP contribution in [0.15, 0.2) is 97.1 Å². The smallest absolute Gasteiger partial charge is 0.160 e. The number of hydrogen-bond donors (Lipinski definition) is 2. The van der Waals surface area contributed by atoms with Crippen molar-refractivity contribution in [3.8, 4) is 11.3 Å². The fraction of sp³-hybridized carbons (Fsp3) is 0.103. The van der Waals surface area contributed by atoms with E-state index in [0.717, 1.165) is 23.3 Å². The molecule has 9 heteroatoms. The van der Waals surface area contributed by atoms with E-state index in [1.165, 1.54) is 6.07 Å². The van der Waals surface area contributed by atoms with E-state index >= 15 is 0 Å². The van der Waals surface area contributed by atoms with E-state index in [2.05, 4.69) is 15.6 Å². The van der Waals surface area contributed by atoms with Crippen molar-refractivity contribution >= 4 is 28.9 Å². The molecule has 38 heavy (non-hydrogen) atoms. The Bertz CT molecular complexity index is 1540. The Morgan fingerprint density at radius 3 is 2.13 bits per heavy atom. The number of aromatic nitrogens is 3. The summed E-state index contributed by atoms with van der Waals surface area (Å²) in [5.41, 5.74) is 1.63. The molecular formula is C29H22Cl2F2N4O. The van der Waals surface area contributed by atoms with Crippen LogP contribution in [0.4, 0.5) is 14.5 Å². The molecule has 0 aliphatic rings. The van der Waals surface area contributed by atoms with Crippen molar-refractivity contribution in [2.24, 2.45) is 0 Å². The summed E-state index contributed by atoms with van der Waals surface area (Å²) >= 11 is 12.3. The number of anilines is 1. The lowest BCUT2D eigenvalue weighted by atomic mass is 9.87. The summed E-state index contributed by atoms with van der Waals surface area (Å²) < 4.78 is 29.1. The van der Waals surface area contributed by atoms with Gasteiger partial charge < -0.3 is 10.4 Å². The topological polar surface area (TPSA) is 63.0 Å². The summed E-state index contributed by atoms with van der Waals surface area (Å²) in [5, 5.41) is 25.2. The lowest BCUT2D eigenvalue weighted by molar-refractivity contribution is 0.0907. The molecule has 192 valence electrons. The molecule has 0 radical (unpaired) electrons. The zero-order valence-corrected chi connectivity index (χ0v) is 21.5. The Balaban J connectivity index is 1.64. The Kier molecular flexibility index (Phi) is 7.42. The highest BCUT2D eigenvalue weighted by atomic mass is 35.5. The third kappa shape index (κ3) is 5.41. The average Bonchev–Trinajstić information content (AvgIpc) is 3.34. The summed E-state index contributed by atoms with van der Waals surface area (Å²) in [4.78, 5) is 0. The molecular weight excluding hydrogens is 529 g/mol. The second kappa shape index (κ2) is 10.9. The standard InChI is InChI=1S/C29H22Cl2F2N4O/c30-22-10-6-20(7-11-22)27-28(35-36-37(27)17-19-4-2-1-3-5-19)29(38,21-8-12-23(31)13-9-21)18-34-24-14-15-25(32)26(33)16-24/h1-16,34,38H,17-18H2. The minimum atomic E-state index is -1.74. The molecule has 5 rings (SSSR count). The fourth-order valence-corrected chi connectivity index (χ4v) is 4.49. The van der Waals surface area contributed by atoms with E-state index in [9.17, 15) is 13.9 Å². The van der Waals surface area contributed by atoms with Gasteiger partial charge in [0.1, 0.15) is 5.69 Å². The van der Waals surface area contributed by atoms with E-state index in [1.54, 1.807) is 41.1 Å². The summed E-state index contributed by atoms with van der Waals surface area (Å²) in [6.07, 6.45) is 0. The zero-order valence-electron chi connectivity index (χ0n) is 20.0. The molecule has 5 nitrogen and oxygen atoms in total. The maximum absolute atomic E-state index is 13.9. The van der Waals surface area contributed by atoms with Crippen molar-refractivity contribution in [3.63, 3.8) is 0 Å². The van der Waals surface area contributed by atoms with Crippen LogP contribution >= 0.6 is 23.2 Å². The second-order valence-electron chi connectivity index (χ2n) is 8.79. The van der Waals surface area contributed by atoms with Crippen LogP contribution in [-0.2, 0) is 12.1 Å². The van der Waals surface area contributed by atoms with Crippen molar-refractivity contribution < 1.29 is 13.9 Å². The highest BCUT2D eigenvalue weighted by molar-refractivity contribution is 6.30. The van der Waals surface area contributed by atoms with E-state index < -0.39 is 17.2 Å². The average molecular weight is 551 g/mol. The quantitative estimate of drug-likeness (QED) is 0.220. The van der Waals surface area contributed by atoms with Crippen LogP contribution in [0.1, 0.15) is 16.8 Å². The predicted molar refractivity (Wildman–Crippen MR) is 145 cm³/mol. The number of aliphatic hydroxyl groups is 1. The molecule has 0 aliphatic carbocycles. The molecule has 0 bridgehead atoms. The maximum atomic E-state index is 13.9. The molecule has 1 atom stereocenters. The normalized spacial score (nSPS) is 12.8. The molecule has 2 N–H and O–H groups in total. The van der Waals surface area contributed by atoms with E-state index in [-0.39, 0.29) is 12.2 Å². The summed E-state index contributed by atoms with van der Waals surface area (Å²) in [6.45, 7) is 0.281. The van der Waals surface area contributed by atoms with E-state index in [4.69, 9.17) is 23.2 Å². The molecule has 0 saturated carbocycles. The number of benzene rings is 4. The van der Waals surface area contributed by atoms with Crippen LogP contribution in [0.25, 0.3) is 11.3 Å². The van der Waals surface area contributed by atoms with E-state index in [1.807, 2.05) is 42.5 Å². The molecule has 0 aliphatic heterocycles. The van der Waals surface area contributed by atoms with Crippen molar-refractivity contribution in [1.29, 1.82) is 0 Å². The Labute approximate surface area is 228 Å². The first kappa shape index (κ1) is 25.9. The number of nitrogens with one attached hydrogen (secondary N) is 1. The van der Waals surface area contributed by atoms with Crippen molar-refractivity contribution in [1.82, 2.24) is 15.0 Å². The van der Waals surface area contributed by atoms with E-state index in [0.29, 0.717) is 33.5 Å². The van der Waals surface area contributed by atoms with Gasteiger partial charge in [0.15, 0.2) is 17.2 Å². The van der Waals surface area contributed by atoms with Gasteiger partial charge in [0.05, 0.1) is 18.8 Å². The molecule has 1 heterocycles. The van der Waals surface area contributed by atoms with Gasteiger partial charge in [-0.1, -0.05) is 83.0 Å². The first-order valence-electron chi connectivity index (χ1n) is 11.7. The molecule has 0 saturated heterocycles. The Morgan fingerprint density at radius 1 is 0.816 bits per heavy atom. The van der Waals surface area contributed by atoms with Gasteiger partial charge in [-0.25, -0.2) is 13.5 Å². The second-order valence-corrected chi connectivity index (χ2v) is 9.66. The van der Waals surface area contributed by atoms with Gasteiger partial charge in [0.2, 0.25) is 0 Å². The highest BCUT2D eigenvalue weighted by Crippen LogP contribution is 2.37. The van der Waals surface area contributed by atoms with Crippen LogP contribution in [0.2, 0.25) is 10.0 Å². The number of nitrogens with zero attached hydrogens (tertiary/aromatic N) is 3. The van der Waals surface area contributed by atoms with Crippen LogP contribution < -0.4 is 5.32 Å². The lowest BCUT2D eigenvalue weighted by Gasteiger charge is -2.29. The third-order valence-corrected chi connectivity index (χ3v) is 6.71. The molecule has 1 unspecified atom stereocenters. The monoisotopic (exact) mass is 550 g/mol. The van der Waals surface area contributed by atoms with Crippen LogP contribution in [0, 0.1) is 11.6 Å². The van der Waals surface area contributed by atoms with Crippen LogP contribution in [0.5, 0.6) is 0 Å². The van der Waals surface area contributed by atoms with Crippen LogP contribution in [-0.4, -0.2) is 26.6 Å². The Hall–Kier alpha value is -3.78. The minimum absolute atomic E-state index is 0.121. The number of hydrogen-bond acceptors (Lipinski definition) is 4. The van der Waals surface area contributed by atoms with Gasteiger partial charge in [0, 0.05) is 27.4 Å². The Morgan fingerprint density at radius 2 is 1.47 bits per heavy atom. The highest BCUT2D eigenvalue weighted by Gasteiger charge is 2.38. The molecule has 0 fully saturated rings. The fourth-order valence-electron chi connectivity index (χ4n) is 4.24. The number of halogens is 4. The van der Waals surface area contributed by atoms with Gasteiger partial charge in [-0.15, -0.1) is 5.10 Å². The molecule has 0 amide bonds. The molecule has 0 spiro atoms. The summed E-state index contributed by atoms with van der Waals surface area (Å²) in [7, 11) is 0. The van der Waals surface area contributed by atoms with Crippen LogP contribution in [0.3, 0.4) is 0 Å². The van der Waals surface area contributed by atoms with Gasteiger partial charge in [0.25, 0.3) is 0 Å². The van der Waals surface area contributed by atoms with Gasteiger partial charge in [-0.3, -0.25) is 0 Å².